The number of azide groups is 1. The summed E-state index contributed by atoms with van der Waals surface area (Å²) in [6.45, 7) is 0. The molecule has 1 unspecified atom stereocenters. The van der Waals surface area contributed by atoms with Gasteiger partial charge in [0.25, 0.3) is 0 Å². The topological polar surface area (TPSA) is 58.0 Å². The van der Waals surface area contributed by atoms with Gasteiger partial charge in [-0.1, -0.05) is 77.9 Å². The standard InChI is InChI=1S/C22H17N3O/c1-26-19-14-12-17(13-15-19)21-20(16-8-4-2-5-9-16)22(21,24-25-23)18-10-6-3-7-11-18/h2-15H,1H3. The summed E-state index contributed by atoms with van der Waals surface area (Å²) in [7, 11) is 1.65. The van der Waals surface area contributed by atoms with Crippen molar-refractivity contribution in [3.8, 4) is 5.75 Å². The Kier molecular flexibility index (Phi) is 3.96. The van der Waals surface area contributed by atoms with Gasteiger partial charge in [0.2, 0.25) is 0 Å². The van der Waals surface area contributed by atoms with Gasteiger partial charge < -0.3 is 4.74 Å². The Labute approximate surface area is 152 Å². The van der Waals surface area contributed by atoms with Gasteiger partial charge in [-0.3, -0.25) is 0 Å². The Bertz CT molecular complexity index is 1000. The second-order valence-electron chi connectivity index (χ2n) is 6.11. The smallest absolute Gasteiger partial charge is 0.126 e. The summed E-state index contributed by atoms with van der Waals surface area (Å²) in [6.07, 6.45) is 0. The molecule has 1 aliphatic carbocycles. The minimum absolute atomic E-state index is 0.772. The third kappa shape index (κ3) is 2.44. The normalized spacial score (nSPS) is 18.2. The van der Waals surface area contributed by atoms with Crippen LogP contribution in [0.15, 0.2) is 90.0 Å². The van der Waals surface area contributed by atoms with Crippen LogP contribution in [-0.4, -0.2) is 7.11 Å². The summed E-state index contributed by atoms with van der Waals surface area (Å²) in [5, 5.41) is 4.27. The lowest BCUT2D eigenvalue weighted by molar-refractivity contribution is 0.415. The molecule has 3 aromatic rings. The molecule has 4 heteroatoms. The summed E-state index contributed by atoms with van der Waals surface area (Å²) in [5.74, 6) is 0.797. The maximum atomic E-state index is 9.33. The minimum atomic E-state index is -0.772. The van der Waals surface area contributed by atoms with Crippen LogP contribution in [0, 0.1) is 0 Å². The van der Waals surface area contributed by atoms with Crippen molar-refractivity contribution in [2.24, 2.45) is 5.11 Å². The number of hydrogen-bond donors (Lipinski definition) is 0. The molecule has 0 aliphatic heterocycles. The molecule has 26 heavy (non-hydrogen) atoms. The van der Waals surface area contributed by atoms with Crippen LogP contribution in [0.5, 0.6) is 5.75 Å². The molecule has 0 saturated carbocycles. The maximum Gasteiger partial charge on any atom is 0.126 e. The van der Waals surface area contributed by atoms with Crippen LogP contribution >= 0.6 is 0 Å². The Morgan fingerprint density at radius 2 is 1.31 bits per heavy atom. The summed E-state index contributed by atoms with van der Waals surface area (Å²) < 4.78 is 5.27. The molecule has 4 nitrogen and oxygen atoms in total. The second-order valence-corrected chi connectivity index (χ2v) is 6.11. The van der Waals surface area contributed by atoms with Gasteiger partial charge in [-0.05, 0) is 45.5 Å². The van der Waals surface area contributed by atoms with E-state index in [2.05, 4.69) is 22.2 Å². The molecule has 0 aromatic heterocycles. The van der Waals surface area contributed by atoms with Crippen LogP contribution in [0.1, 0.15) is 16.7 Å². The Balaban J connectivity index is 1.92. The van der Waals surface area contributed by atoms with Crippen LogP contribution < -0.4 is 4.74 Å². The monoisotopic (exact) mass is 339 g/mol. The van der Waals surface area contributed by atoms with E-state index >= 15 is 0 Å². The maximum absolute atomic E-state index is 9.33. The first-order valence-corrected chi connectivity index (χ1v) is 8.38. The largest absolute Gasteiger partial charge is 0.497 e. The van der Waals surface area contributed by atoms with Gasteiger partial charge in [0.1, 0.15) is 11.3 Å². The predicted molar refractivity (Wildman–Crippen MR) is 104 cm³/mol. The third-order valence-corrected chi connectivity index (χ3v) is 4.74. The summed E-state index contributed by atoms with van der Waals surface area (Å²) in [4.78, 5) is 3.19. The molecular formula is C22H17N3O. The summed E-state index contributed by atoms with van der Waals surface area (Å²) in [5.41, 5.74) is 13.7. The zero-order valence-electron chi connectivity index (χ0n) is 14.3. The number of hydrogen-bond acceptors (Lipinski definition) is 2. The number of ether oxygens (including phenoxy) is 1. The minimum Gasteiger partial charge on any atom is -0.497 e. The van der Waals surface area contributed by atoms with Gasteiger partial charge in [0.05, 0.1) is 7.11 Å². The summed E-state index contributed by atoms with van der Waals surface area (Å²) in [6, 6.07) is 27.9. The zero-order valence-corrected chi connectivity index (χ0v) is 14.3. The van der Waals surface area contributed by atoms with Crippen LogP contribution in [0.25, 0.3) is 21.6 Å². The van der Waals surface area contributed by atoms with E-state index in [-0.39, 0.29) is 0 Å². The molecule has 3 aromatic carbocycles. The molecule has 0 amide bonds. The Morgan fingerprint density at radius 1 is 0.769 bits per heavy atom. The van der Waals surface area contributed by atoms with E-state index < -0.39 is 5.54 Å². The van der Waals surface area contributed by atoms with Crippen LogP contribution in [-0.2, 0) is 5.54 Å². The van der Waals surface area contributed by atoms with Crippen molar-refractivity contribution in [3.63, 3.8) is 0 Å². The van der Waals surface area contributed by atoms with Crippen LogP contribution in [0.2, 0.25) is 0 Å². The van der Waals surface area contributed by atoms with Crippen molar-refractivity contribution in [1.82, 2.24) is 0 Å². The van der Waals surface area contributed by atoms with E-state index in [1.807, 2.05) is 72.8 Å². The third-order valence-electron chi connectivity index (χ3n) is 4.74. The summed E-state index contributed by atoms with van der Waals surface area (Å²) >= 11 is 0. The highest BCUT2D eigenvalue weighted by Crippen LogP contribution is 2.65. The van der Waals surface area contributed by atoms with Gasteiger partial charge >= 0.3 is 0 Å². The van der Waals surface area contributed by atoms with Gasteiger partial charge in [0.15, 0.2) is 0 Å². The van der Waals surface area contributed by atoms with Gasteiger partial charge in [-0.2, -0.15) is 0 Å². The lowest BCUT2D eigenvalue weighted by Gasteiger charge is -2.15. The fraction of sp³-hybridized carbons (Fsp3) is 0.0909. The van der Waals surface area contributed by atoms with Crippen molar-refractivity contribution in [1.29, 1.82) is 0 Å². The van der Waals surface area contributed by atoms with E-state index in [0.29, 0.717) is 0 Å². The molecule has 0 N–H and O–H groups in total. The number of methoxy groups -OCH3 is 1. The van der Waals surface area contributed by atoms with Crippen LogP contribution in [0.4, 0.5) is 0 Å². The van der Waals surface area contributed by atoms with E-state index in [1.54, 1.807) is 7.11 Å². The van der Waals surface area contributed by atoms with Crippen molar-refractivity contribution in [3.05, 3.63) is 112 Å². The fourth-order valence-corrected chi connectivity index (χ4v) is 3.53. The quantitative estimate of drug-likeness (QED) is 0.328. The highest BCUT2D eigenvalue weighted by molar-refractivity contribution is 6.18. The Morgan fingerprint density at radius 3 is 1.85 bits per heavy atom. The molecule has 1 atom stereocenters. The molecule has 0 saturated heterocycles. The first kappa shape index (κ1) is 16.0. The molecule has 0 fully saturated rings. The molecule has 0 heterocycles. The molecule has 0 bridgehead atoms. The van der Waals surface area contributed by atoms with Gasteiger partial charge in [-0.15, -0.1) is 0 Å². The first-order chi connectivity index (χ1) is 12.8. The lowest BCUT2D eigenvalue weighted by Crippen LogP contribution is -2.09. The van der Waals surface area contributed by atoms with Crippen molar-refractivity contribution < 1.29 is 4.74 Å². The second kappa shape index (κ2) is 6.43. The van der Waals surface area contributed by atoms with E-state index in [9.17, 15) is 5.53 Å². The number of rotatable bonds is 5. The van der Waals surface area contributed by atoms with Crippen molar-refractivity contribution in [2.75, 3.05) is 7.11 Å². The first-order valence-electron chi connectivity index (χ1n) is 8.38. The lowest BCUT2D eigenvalue weighted by atomic mass is 9.94. The Hall–Kier alpha value is -3.49. The van der Waals surface area contributed by atoms with Gasteiger partial charge in [0, 0.05) is 4.91 Å². The number of nitrogens with zero attached hydrogens (tertiary/aromatic N) is 3. The zero-order chi connectivity index (χ0) is 18.0. The van der Waals surface area contributed by atoms with Gasteiger partial charge in [-0.25, -0.2) is 0 Å². The predicted octanol–water partition coefficient (Wildman–Crippen LogP) is 5.83. The van der Waals surface area contributed by atoms with E-state index in [1.165, 1.54) is 0 Å². The SMILES string of the molecule is COc1ccc(C2=C(c3ccccc3)C2(N=[N+]=[N-])c2ccccc2)cc1. The van der Waals surface area contributed by atoms with Crippen molar-refractivity contribution in [2.45, 2.75) is 5.54 Å². The molecule has 4 rings (SSSR count). The average Bonchev–Trinajstić information content (AvgIpc) is 3.39. The highest BCUT2D eigenvalue weighted by Gasteiger charge is 2.55. The fourth-order valence-electron chi connectivity index (χ4n) is 3.53. The highest BCUT2D eigenvalue weighted by atomic mass is 16.5. The molecule has 0 radical (unpaired) electrons. The molecule has 126 valence electrons. The van der Waals surface area contributed by atoms with Crippen LogP contribution in [0.3, 0.4) is 0 Å². The molecule has 0 spiro atoms. The van der Waals surface area contributed by atoms with Crippen molar-refractivity contribution >= 4 is 11.1 Å². The van der Waals surface area contributed by atoms with E-state index in [0.717, 1.165) is 33.6 Å². The number of benzene rings is 3. The molecule has 1 aliphatic rings. The average molecular weight is 339 g/mol. The molecular weight excluding hydrogens is 322 g/mol. The van der Waals surface area contributed by atoms with E-state index in [4.69, 9.17) is 4.74 Å².